The van der Waals surface area contributed by atoms with Gasteiger partial charge in [-0.25, -0.2) is 9.97 Å². The Morgan fingerprint density at radius 2 is 1.77 bits per heavy atom. The minimum absolute atomic E-state index is 0.0843. The Kier molecular flexibility index (Phi) is 4.95. The summed E-state index contributed by atoms with van der Waals surface area (Å²) >= 11 is 2.85. The number of nitrogens with one attached hydrogen (secondary N) is 1. The van der Waals surface area contributed by atoms with E-state index in [1.165, 1.54) is 23.1 Å². The number of para-hydroxylation sites is 1. The Balaban J connectivity index is 1.37. The Hall–Kier alpha value is -2.70. The second-order valence-electron chi connectivity index (χ2n) is 5.58. The van der Waals surface area contributed by atoms with Gasteiger partial charge in [-0.15, -0.1) is 11.3 Å². The molecule has 0 unspecified atom stereocenters. The van der Waals surface area contributed by atoms with E-state index in [1.54, 1.807) is 0 Å². The number of carbonyl (C=O) groups is 1. The van der Waals surface area contributed by atoms with Crippen LogP contribution in [-0.2, 0) is 4.79 Å². The van der Waals surface area contributed by atoms with E-state index in [0.29, 0.717) is 10.9 Å². The lowest BCUT2D eigenvalue weighted by atomic mass is 10.2. The SMILES string of the molecule is O=C(CSc1ccc2ccccc2n1)Nc1nc(-c2ccccc2)cs1. The molecule has 0 aliphatic heterocycles. The van der Waals surface area contributed by atoms with Gasteiger partial charge in [-0.05, 0) is 12.1 Å². The maximum absolute atomic E-state index is 12.2. The number of aromatic nitrogens is 2. The molecular formula is C20H15N3OS2. The second-order valence-corrected chi connectivity index (χ2v) is 7.44. The van der Waals surface area contributed by atoms with E-state index in [2.05, 4.69) is 15.3 Å². The number of rotatable bonds is 5. The molecule has 26 heavy (non-hydrogen) atoms. The van der Waals surface area contributed by atoms with Gasteiger partial charge >= 0.3 is 0 Å². The van der Waals surface area contributed by atoms with Crippen LogP contribution in [0.1, 0.15) is 0 Å². The summed E-state index contributed by atoms with van der Waals surface area (Å²) in [5.41, 5.74) is 2.85. The predicted molar refractivity (Wildman–Crippen MR) is 109 cm³/mol. The molecule has 0 spiro atoms. The van der Waals surface area contributed by atoms with Crippen LogP contribution in [-0.4, -0.2) is 21.6 Å². The van der Waals surface area contributed by atoms with E-state index in [1.807, 2.05) is 72.1 Å². The van der Waals surface area contributed by atoms with Gasteiger partial charge in [0, 0.05) is 16.3 Å². The van der Waals surface area contributed by atoms with Gasteiger partial charge in [0.15, 0.2) is 5.13 Å². The molecule has 128 valence electrons. The van der Waals surface area contributed by atoms with Gasteiger partial charge in [-0.2, -0.15) is 0 Å². The van der Waals surface area contributed by atoms with Crippen LogP contribution in [0.25, 0.3) is 22.2 Å². The highest BCUT2D eigenvalue weighted by Gasteiger charge is 2.09. The molecule has 0 aliphatic rings. The van der Waals surface area contributed by atoms with Crippen LogP contribution in [0.15, 0.2) is 77.1 Å². The molecule has 1 N–H and O–H groups in total. The van der Waals surface area contributed by atoms with Crippen molar-refractivity contribution < 1.29 is 4.79 Å². The van der Waals surface area contributed by atoms with Crippen molar-refractivity contribution in [1.29, 1.82) is 0 Å². The maximum atomic E-state index is 12.2. The summed E-state index contributed by atoms with van der Waals surface area (Å²) in [5, 5.41) is 7.35. The summed E-state index contributed by atoms with van der Waals surface area (Å²) < 4.78 is 0. The number of hydrogen-bond acceptors (Lipinski definition) is 5. The van der Waals surface area contributed by atoms with Crippen LogP contribution < -0.4 is 5.32 Å². The molecular weight excluding hydrogens is 362 g/mol. The van der Waals surface area contributed by atoms with Gasteiger partial charge in [-0.3, -0.25) is 4.79 Å². The molecule has 0 saturated heterocycles. The number of nitrogens with zero attached hydrogens (tertiary/aromatic N) is 2. The van der Waals surface area contributed by atoms with Gasteiger partial charge in [-0.1, -0.05) is 66.4 Å². The first-order valence-corrected chi connectivity index (χ1v) is 9.94. The zero-order valence-corrected chi connectivity index (χ0v) is 15.4. The number of thiazole rings is 1. The third-order valence-corrected chi connectivity index (χ3v) is 5.43. The van der Waals surface area contributed by atoms with Gasteiger partial charge < -0.3 is 5.32 Å². The number of thioether (sulfide) groups is 1. The minimum Gasteiger partial charge on any atom is -0.301 e. The summed E-state index contributed by atoms with van der Waals surface area (Å²) in [4.78, 5) is 21.2. The third kappa shape index (κ3) is 3.92. The highest BCUT2D eigenvalue weighted by molar-refractivity contribution is 7.99. The van der Waals surface area contributed by atoms with Crippen molar-refractivity contribution in [3.05, 3.63) is 72.1 Å². The number of pyridine rings is 1. The molecule has 2 heterocycles. The minimum atomic E-state index is -0.0843. The van der Waals surface area contributed by atoms with Crippen LogP contribution in [0.3, 0.4) is 0 Å². The molecule has 0 radical (unpaired) electrons. The number of amides is 1. The Bertz CT molecular complexity index is 1050. The Morgan fingerprint density at radius 3 is 2.65 bits per heavy atom. The largest absolute Gasteiger partial charge is 0.301 e. The third-order valence-electron chi connectivity index (χ3n) is 3.74. The average Bonchev–Trinajstić information content (AvgIpc) is 3.15. The van der Waals surface area contributed by atoms with E-state index in [4.69, 9.17) is 0 Å². The Labute approximate surface area is 159 Å². The molecule has 6 heteroatoms. The number of hydrogen-bond donors (Lipinski definition) is 1. The van der Waals surface area contributed by atoms with Crippen molar-refractivity contribution in [3.8, 4) is 11.3 Å². The number of benzene rings is 2. The van der Waals surface area contributed by atoms with Gasteiger partial charge in [0.1, 0.15) is 0 Å². The smallest absolute Gasteiger partial charge is 0.236 e. The quantitative estimate of drug-likeness (QED) is 0.492. The summed E-state index contributed by atoms with van der Waals surface area (Å²) in [6.45, 7) is 0. The first-order valence-electron chi connectivity index (χ1n) is 8.07. The highest BCUT2D eigenvalue weighted by Crippen LogP contribution is 2.25. The molecule has 4 nitrogen and oxygen atoms in total. The lowest BCUT2D eigenvalue weighted by Crippen LogP contribution is -2.13. The summed E-state index contributed by atoms with van der Waals surface area (Å²) in [7, 11) is 0. The van der Waals surface area contributed by atoms with Crippen LogP contribution in [0, 0.1) is 0 Å². The fraction of sp³-hybridized carbons (Fsp3) is 0.0500. The molecule has 2 aromatic heterocycles. The fourth-order valence-electron chi connectivity index (χ4n) is 2.50. The van der Waals surface area contributed by atoms with Crippen molar-refractivity contribution in [2.45, 2.75) is 5.03 Å². The van der Waals surface area contributed by atoms with Crippen molar-refractivity contribution >= 4 is 45.0 Å². The molecule has 1 amide bonds. The number of carbonyl (C=O) groups excluding carboxylic acids is 1. The van der Waals surface area contributed by atoms with E-state index >= 15 is 0 Å². The van der Waals surface area contributed by atoms with Crippen molar-refractivity contribution in [2.75, 3.05) is 11.1 Å². The zero-order chi connectivity index (χ0) is 17.8. The maximum Gasteiger partial charge on any atom is 0.236 e. The molecule has 0 fully saturated rings. The molecule has 0 saturated carbocycles. The first-order chi connectivity index (χ1) is 12.8. The monoisotopic (exact) mass is 377 g/mol. The summed E-state index contributed by atoms with van der Waals surface area (Å²) in [5.74, 6) is 0.213. The molecule has 0 aliphatic carbocycles. The lowest BCUT2D eigenvalue weighted by Gasteiger charge is -2.03. The molecule has 0 bridgehead atoms. The van der Waals surface area contributed by atoms with Crippen molar-refractivity contribution in [3.63, 3.8) is 0 Å². The standard InChI is InChI=1S/C20H15N3OS2/c24-18(13-25-19-11-10-15-8-4-5-9-16(15)21-19)23-20-22-17(12-26-20)14-6-2-1-3-7-14/h1-12H,13H2,(H,22,23,24). The molecule has 2 aromatic carbocycles. The average molecular weight is 377 g/mol. The topological polar surface area (TPSA) is 54.9 Å². The Morgan fingerprint density at radius 1 is 0.962 bits per heavy atom. The highest BCUT2D eigenvalue weighted by atomic mass is 32.2. The van der Waals surface area contributed by atoms with Gasteiger partial charge in [0.2, 0.25) is 5.91 Å². The summed E-state index contributed by atoms with van der Waals surface area (Å²) in [6, 6.07) is 21.8. The molecule has 4 aromatic rings. The van der Waals surface area contributed by atoms with Gasteiger partial charge in [0.05, 0.1) is 22.0 Å². The predicted octanol–water partition coefficient (Wildman–Crippen LogP) is 5.09. The fourth-order valence-corrected chi connectivity index (χ4v) is 3.91. The molecule has 4 rings (SSSR count). The van der Waals surface area contributed by atoms with E-state index in [-0.39, 0.29) is 5.91 Å². The molecule has 0 atom stereocenters. The van der Waals surface area contributed by atoms with Crippen LogP contribution in [0.5, 0.6) is 0 Å². The lowest BCUT2D eigenvalue weighted by molar-refractivity contribution is -0.113. The van der Waals surface area contributed by atoms with Crippen LogP contribution in [0.2, 0.25) is 0 Å². The first kappa shape index (κ1) is 16.8. The van der Waals surface area contributed by atoms with E-state index < -0.39 is 0 Å². The summed E-state index contributed by atoms with van der Waals surface area (Å²) in [6.07, 6.45) is 0. The van der Waals surface area contributed by atoms with Crippen molar-refractivity contribution in [2.24, 2.45) is 0 Å². The van der Waals surface area contributed by atoms with Crippen LogP contribution >= 0.6 is 23.1 Å². The number of fused-ring (bicyclic) bond motifs is 1. The zero-order valence-electron chi connectivity index (χ0n) is 13.8. The van der Waals surface area contributed by atoms with E-state index in [9.17, 15) is 4.79 Å². The second kappa shape index (κ2) is 7.68. The van der Waals surface area contributed by atoms with Gasteiger partial charge in [0.25, 0.3) is 0 Å². The normalized spacial score (nSPS) is 10.8. The number of anilines is 1. The van der Waals surface area contributed by atoms with Crippen molar-refractivity contribution in [1.82, 2.24) is 9.97 Å². The van der Waals surface area contributed by atoms with E-state index in [0.717, 1.165) is 27.2 Å². The van der Waals surface area contributed by atoms with Crippen LogP contribution in [0.4, 0.5) is 5.13 Å².